The fraction of sp³-hybridized carbons (Fsp3) is 0.182. The number of aromatic nitrogens is 2. The number of nitrogens with two attached hydrogens (primary N) is 1. The fourth-order valence-corrected chi connectivity index (χ4v) is 1.27. The van der Waals surface area contributed by atoms with E-state index in [2.05, 4.69) is 15.5 Å². The zero-order chi connectivity index (χ0) is 12.1. The van der Waals surface area contributed by atoms with Crippen molar-refractivity contribution in [1.82, 2.24) is 15.5 Å². The second-order valence-corrected chi connectivity index (χ2v) is 3.32. The van der Waals surface area contributed by atoms with Crippen molar-refractivity contribution in [1.29, 1.82) is 0 Å². The van der Waals surface area contributed by atoms with E-state index in [4.69, 9.17) is 10.2 Å². The molecule has 0 unspecified atom stereocenters. The quantitative estimate of drug-likeness (QED) is 0.797. The average Bonchev–Trinajstić information content (AvgIpc) is 2.86. The van der Waals surface area contributed by atoms with E-state index in [-0.39, 0.29) is 5.89 Å². The molecule has 6 heteroatoms. The van der Waals surface area contributed by atoms with Crippen molar-refractivity contribution in [2.24, 2.45) is 5.73 Å². The van der Waals surface area contributed by atoms with Crippen molar-refractivity contribution in [3.05, 3.63) is 36.2 Å². The van der Waals surface area contributed by atoms with Crippen LogP contribution in [0.3, 0.4) is 0 Å². The summed E-state index contributed by atoms with van der Waals surface area (Å²) in [4.78, 5) is 11.5. The highest BCUT2D eigenvalue weighted by Gasteiger charge is 2.14. The van der Waals surface area contributed by atoms with Crippen molar-refractivity contribution < 1.29 is 9.21 Å². The highest BCUT2D eigenvalue weighted by atomic mass is 16.4. The Kier molecular flexibility index (Phi) is 3.46. The van der Waals surface area contributed by atoms with Crippen molar-refractivity contribution in [3.63, 3.8) is 0 Å². The Labute approximate surface area is 97.8 Å². The molecule has 1 amide bonds. The number of benzene rings is 1. The van der Waals surface area contributed by atoms with E-state index in [1.54, 1.807) is 0 Å². The molecule has 0 spiro atoms. The summed E-state index contributed by atoms with van der Waals surface area (Å²) in [6.45, 7) is 0.743. The molecule has 0 aliphatic carbocycles. The summed E-state index contributed by atoms with van der Waals surface area (Å²) in [6, 6.07) is 9.25. The normalized spacial score (nSPS) is 10.2. The van der Waals surface area contributed by atoms with Gasteiger partial charge in [0.25, 0.3) is 0 Å². The molecule has 0 fully saturated rings. The number of nitrogens with one attached hydrogen (secondary N) is 1. The first-order valence-electron chi connectivity index (χ1n) is 5.18. The molecule has 1 heterocycles. The van der Waals surface area contributed by atoms with E-state index in [1.807, 2.05) is 30.3 Å². The molecule has 0 radical (unpaired) electrons. The molecule has 2 rings (SSSR count). The van der Waals surface area contributed by atoms with Gasteiger partial charge in [-0.15, -0.1) is 10.2 Å². The minimum absolute atomic E-state index is 0.0581. The van der Waals surface area contributed by atoms with Gasteiger partial charge in [-0.05, 0) is 12.1 Å². The van der Waals surface area contributed by atoms with E-state index in [9.17, 15) is 4.79 Å². The summed E-state index contributed by atoms with van der Waals surface area (Å²) in [6.07, 6.45) is 0. The lowest BCUT2D eigenvalue weighted by molar-refractivity contribution is 0.0921. The standard InChI is InChI=1S/C11H12N4O2/c12-6-7-13-9(16)11-15-14-10(17-11)8-4-2-1-3-5-8/h1-5H,6-7,12H2,(H,13,16). The summed E-state index contributed by atoms with van der Waals surface area (Å²) in [5.41, 5.74) is 6.05. The Bertz CT molecular complexity index is 495. The van der Waals surface area contributed by atoms with Gasteiger partial charge in [0.2, 0.25) is 5.89 Å². The monoisotopic (exact) mass is 232 g/mol. The van der Waals surface area contributed by atoms with E-state index >= 15 is 0 Å². The summed E-state index contributed by atoms with van der Waals surface area (Å²) in [5, 5.41) is 10.0. The number of hydrogen-bond donors (Lipinski definition) is 2. The first-order valence-corrected chi connectivity index (χ1v) is 5.18. The van der Waals surface area contributed by atoms with Gasteiger partial charge in [0.05, 0.1) is 0 Å². The van der Waals surface area contributed by atoms with Crippen LogP contribution in [0.4, 0.5) is 0 Å². The van der Waals surface area contributed by atoms with Crippen molar-refractivity contribution in [3.8, 4) is 11.5 Å². The van der Waals surface area contributed by atoms with Gasteiger partial charge in [-0.2, -0.15) is 0 Å². The lowest BCUT2D eigenvalue weighted by Gasteiger charge is -1.97. The molecule has 17 heavy (non-hydrogen) atoms. The molecule has 6 nitrogen and oxygen atoms in total. The first kappa shape index (κ1) is 11.3. The lowest BCUT2D eigenvalue weighted by atomic mass is 10.2. The third-order valence-electron chi connectivity index (χ3n) is 2.07. The van der Waals surface area contributed by atoms with E-state index in [0.717, 1.165) is 5.56 Å². The summed E-state index contributed by atoms with van der Waals surface area (Å²) < 4.78 is 5.25. The van der Waals surface area contributed by atoms with Gasteiger partial charge in [0.1, 0.15) is 0 Å². The van der Waals surface area contributed by atoms with Crippen molar-refractivity contribution in [2.45, 2.75) is 0 Å². The molecule has 1 aromatic carbocycles. The molecule has 0 bridgehead atoms. The zero-order valence-corrected chi connectivity index (χ0v) is 9.09. The van der Waals surface area contributed by atoms with Gasteiger partial charge in [0.15, 0.2) is 0 Å². The van der Waals surface area contributed by atoms with E-state index in [1.165, 1.54) is 0 Å². The zero-order valence-electron chi connectivity index (χ0n) is 9.09. The molecule has 3 N–H and O–H groups in total. The van der Waals surface area contributed by atoms with Crippen LogP contribution in [-0.4, -0.2) is 29.2 Å². The fourth-order valence-electron chi connectivity index (χ4n) is 1.27. The van der Waals surface area contributed by atoms with Gasteiger partial charge in [-0.3, -0.25) is 4.79 Å². The maximum atomic E-state index is 11.5. The second-order valence-electron chi connectivity index (χ2n) is 3.32. The van der Waals surface area contributed by atoms with Crippen LogP contribution in [0.2, 0.25) is 0 Å². The molecule has 0 aliphatic rings. The number of carbonyl (C=O) groups excluding carboxylic acids is 1. The Morgan fingerprint density at radius 1 is 1.29 bits per heavy atom. The van der Waals surface area contributed by atoms with Gasteiger partial charge in [-0.25, -0.2) is 0 Å². The van der Waals surface area contributed by atoms with Crippen molar-refractivity contribution >= 4 is 5.91 Å². The number of nitrogens with zero attached hydrogens (tertiary/aromatic N) is 2. The molecular weight excluding hydrogens is 220 g/mol. The number of rotatable bonds is 4. The summed E-state index contributed by atoms with van der Waals surface area (Å²) in [7, 11) is 0. The summed E-state index contributed by atoms with van der Waals surface area (Å²) >= 11 is 0. The molecule has 88 valence electrons. The third-order valence-corrected chi connectivity index (χ3v) is 2.07. The number of hydrogen-bond acceptors (Lipinski definition) is 5. The van der Waals surface area contributed by atoms with Crippen LogP contribution >= 0.6 is 0 Å². The van der Waals surface area contributed by atoms with Gasteiger partial charge < -0.3 is 15.5 Å². The highest BCUT2D eigenvalue weighted by molar-refractivity contribution is 5.89. The Morgan fingerprint density at radius 3 is 2.76 bits per heavy atom. The molecular formula is C11H12N4O2. The molecule has 0 saturated heterocycles. The van der Waals surface area contributed by atoms with E-state index < -0.39 is 5.91 Å². The molecule has 0 aliphatic heterocycles. The smallest absolute Gasteiger partial charge is 0.308 e. The minimum atomic E-state index is -0.412. The lowest BCUT2D eigenvalue weighted by Crippen LogP contribution is -2.29. The van der Waals surface area contributed by atoms with Crippen LogP contribution in [0.25, 0.3) is 11.5 Å². The van der Waals surface area contributed by atoms with E-state index in [0.29, 0.717) is 19.0 Å². The SMILES string of the molecule is NCCNC(=O)c1nnc(-c2ccccc2)o1. The van der Waals surface area contributed by atoms with Gasteiger partial charge >= 0.3 is 11.8 Å². The maximum Gasteiger partial charge on any atom is 0.308 e. The maximum absolute atomic E-state index is 11.5. The second kappa shape index (κ2) is 5.22. The van der Waals surface area contributed by atoms with Gasteiger partial charge in [0, 0.05) is 18.7 Å². The predicted molar refractivity (Wildman–Crippen MR) is 61.1 cm³/mol. The Balaban J connectivity index is 2.14. The molecule has 0 atom stereocenters. The van der Waals surface area contributed by atoms with Crippen LogP contribution < -0.4 is 11.1 Å². The largest absolute Gasteiger partial charge is 0.412 e. The van der Waals surface area contributed by atoms with Crippen LogP contribution in [0.15, 0.2) is 34.7 Å². The first-order chi connectivity index (χ1) is 8.31. The highest BCUT2D eigenvalue weighted by Crippen LogP contribution is 2.16. The van der Waals surface area contributed by atoms with Crippen LogP contribution in [0.5, 0.6) is 0 Å². The summed E-state index contributed by atoms with van der Waals surface area (Å²) in [5.74, 6) is -0.147. The van der Waals surface area contributed by atoms with Crippen LogP contribution in [0.1, 0.15) is 10.7 Å². The van der Waals surface area contributed by atoms with Gasteiger partial charge in [-0.1, -0.05) is 18.2 Å². The number of amides is 1. The molecule has 2 aromatic rings. The Morgan fingerprint density at radius 2 is 2.06 bits per heavy atom. The third kappa shape index (κ3) is 2.67. The Hall–Kier alpha value is -2.21. The minimum Gasteiger partial charge on any atom is -0.412 e. The number of carbonyl (C=O) groups is 1. The van der Waals surface area contributed by atoms with Crippen molar-refractivity contribution in [2.75, 3.05) is 13.1 Å². The molecule has 0 saturated carbocycles. The average molecular weight is 232 g/mol. The van der Waals surface area contributed by atoms with Crippen LogP contribution in [0, 0.1) is 0 Å². The molecule has 1 aromatic heterocycles. The predicted octanol–water partition coefficient (Wildman–Crippen LogP) is 0.425. The topological polar surface area (TPSA) is 94.0 Å². The van der Waals surface area contributed by atoms with Crippen LogP contribution in [-0.2, 0) is 0 Å².